The van der Waals surface area contributed by atoms with E-state index in [4.69, 9.17) is 0 Å². The molecule has 0 bridgehead atoms. The van der Waals surface area contributed by atoms with Crippen molar-refractivity contribution in [3.63, 3.8) is 0 Å². The second kappa shape index (κ2) is 15.0. The van der Waals surface area contributed by atoms with Crippen molar-refractivity contribution in [2.45, 2.75) is 71.9 Å². The Labute approximate surface area is 173 Å². The summed E-state index contributed by atoms with van der Waals surface area (Å²) in [6.45, 7) is 15.9. The summed E-state index contributed by atoms with van der Waals surface area (Å²) in [7, 11) is 1.86. The van der Waals surface area contributed by atoms with E-state index in [1.54, 1.807) is 0 Å². The van der Waals surface area contributed by atoms with Crippen LogP contribution in [0.25, 0.3) is 0 Å². The van der Waals surface area contributed by atoms with Crippen LogP contribution < -0.4 is 10.6 Å². The molecule has 1 aliphatic rings. The molecule has 0 aliphatic carbocycles. The third-order valence-corrected chi connectivity index (χ3v) is 5.24. The molecule has 0 aromatic heterocycles. The highest BCUT2D eigenvalue weighted by atomic mass is 127. The van der Waals surface area contributed by atoms with E-state index < -0.39 is 0 Å². The predicted octanol–water partition coefficient (Wildman–Crippen LogP) is 3.15. The van der Waals surface area contributed by atoms with Gasteiger partial charge in [0, 0.05) is 32.2 Å². The van der Waals surface area contributed by atoms with Crippen molar-refractivity contribution in [3.05, 3.63) is 0 Å². The number of nitrogens with one attached hydrogen (secondary N) is 2. The van der Waals surface area contributed by atoms with Crippen molar-refractivity contribution in [2.75, 3.05) is 46.3 Å². The number of piperidine rings is 1. The molecule has 150 valence electrons. The average molecular weight is 467 g/mol. The Bertz CT molecular complexity index is 347. The molecule has 0 saturated carbocycles. The Hall–Kier alpha value is -0.0800. The van der Waals surface area contributed by atoms with E-state index in [1.807, 2.05) is 7.05 Å². The Morgan fingerprint density at radius 1 is 1.28 bits per heavy atom. The summed E-state index contributed by atoms with van der Waals surface area (Å²) in [6, 6.07) is 1.19. The van der Waals surface area contributed by atoms with Crippen LogP contribution in [-0.2, 0) is 0 Å². The van der Waals surface area contributed by atoms with E-state index in [0.717, 1.165) is 38.2 Å². The first-order chi connectivity index (χ1) is 11.6. The molecule has 1 aliphatic heterocycles. The lowest BCUT2D eigenvalue weighted by Crippen LogP contribution is -2.47. The molecule has 1 rings (SSSR count). The van der Waals surface area contributed by atoms with Gasteiger partial charge in [0.05, 0.1) is 0 Å². The fourth-order valence-corrected chi connectivity index (χ4v) is 3.47. The molecule has 0 aromatic carbocycles. The summed E-state index contributed by atoms with van der Waals surface area (Å²) < 4.78 is 0. The lowest BCUT2D eigenvalue weighted by Gasteiger charge is -2.33. The average Bonchev–Trinajstić information content (AvgIpc) is 2.59. The van der Waals surface area contributed by atoms with Crippen molar-refractivity contribution in [1.82, 2.24) is 20.4 Å². The maximum absolute atomic E-state index is 4.37. The second-order valence-corrected chi connectivity index (χ2v) is 7.09. The molecule has 2 atom stereocenters. The molecule has 2 unspecified atom stereocenters. The molecular formula is C19H42IN5. The van der Waals surface area contributed by atoms with E-state index in [0.29, 0.717) is 6.04 Å². The highest BCUT2D eigenvalue weighted by molar-refractivity contribution is 14.0. The van der Waals surface area contributed by atoms with Crippen LogP contribution in [0.4, 0.5) is 0 Å². The molecule has 1 fully saturated rings. The predicted molar refractivity (Wildman–Crippen MR) is 121 cm³/mol. The van der Waals surface area contributed by atoms with Gasteiger partial charge in [-0.3, -0.25) is 9.89 Å². The number of hydrogen-bond acceptors (Lipinski definition) is 3. The Morgan fingerprint density at radius 2 is 2.00 bits per heavy atom. The highest BCUT2D eigenvalue weighted by Gasteiger charge is 2.17. The van der Waals surface area contributed by atoms with Gasteiger partial charge < -0.3 is 15.5 Å². The van der Waals surface area contributed by atoms with Gasteiger partial charge in [0.15, 0.2) is 5.96 Å². The fourth-order valence-electron chi connectivity index (χ4n) is 3.47. The third-order valence-electron chi connectivity index (χ3n) is 5.24. The molecule has 0 aromatic rings. The highest BCUT2D eigenvalue weighted by Crippen LogP contribution is 2.15. The number of guanidine groups is 1. The van der Waals surface area contributed by atoms with Crippen molar-refractivity contribution >= 4 is 29.9 Å². The van der Waals surface area contributed by atoms with Crippen molar-refractivity contribution in [1.29, 1.82) is 0 Å². The summed E-state index contributed by atoms with van der Waals surface area (Å²) in [5.41, 5.74) is 0. The monoisotopic (exact) mass is 467 g/mol. The zero-order valence-corrected chi connectivity index (χ0v) is 19.5. The standard InChI is InChI=1S/C19H41N5.HI/c1-6-23(7-2)14-10-11-17(3)22-19(20-5)21-13-16-24-15-9-8-12-18(24)4;/h17-18H,6-16H2,1-5H3,(H2,20,21,22);1H. The van der Waals surface area contributed by atoms with Gasteiger partial charge in [-0.2, -0.15) is 0 Å². The maximum atomic E-state index is 4.37. The quantitative estimate of drug-likeness (QED) is 0.294. The Balaban J connectivity index is 0.00000576. The summed E-state index contributed by atoms with van der Waals surface area (Å²) in [6.07, 6.45) is 6.50. The van der Waals surface area contributed by atoms with Gasteiger partial charge in [-0.05, 0) is 65.7 Å². The molecule has 1 heterocycles. The van der Waals surface area contributed by atoms with Crippen LogP contribution >= 0.6 is 24.0 Å². The molecule has 0 amide bonds. The lowest BCUT2D eigenvalue weighted by molar-refractivity contribution is 0.163. The topological polar surface area (TPSA) is 42.9 Å². The zero-order valence-electron chi connectivity index (χ0n) is 17.2. The van der Waals surface area contributed by atoms with Crippen LogP contribution in [0.2, 0.25) is 0 Å². The van der Waals surface area contributed by atoms with E-state index >= 15 is 0 Å². The van der Waals surface area contributed by atoms with Gasteiger partial charge >= 0.3 is 0 Å². The first-order valence-electron chi connectivity index (χ1n) is 10.0. The third kappa shape index (κ3) is 10.6. The van der Waals surface area contributed by atoms with Crippen LogP contribution in [0, 0.1) is 0 Å². The number of aliphatic imine (C=N–C) groups is 1. The minimum Gasteiger partial charge on any atom is -0.355 e. The number of nitrogens with zero attached hydrogens (tertiary/aromatic N) is 3. The summed E-state index contributed by atoms with van der Waals surface area (Å²) in [5, 5.41) is 7.00. The second-order valence-electron chi connectivity index (χ2n) is 7.09. The van der Waals surface area contributed by atoms with Gasteiger partial charge in [0.2, 0.25) is 0 Å². The van der Waals surface area contributed by atoms with Crippen LogP contribution in [0.15, 0.2) is 4.99 Å². The number of hydrogen-bond donors (Lipinski definition) is 2. The maximum Gasteiger partial charge on any atom is 0.191 e. The molecular weight excluding hydrogens is 425 g/mol. The number of halogens is 1. The first kappa shape index (κ1) is 24.9. The van der Waals surface area contributed by atoms with E-state index in [9.17, 15) is 0 Å². The Morgan fingerprint density at radius 3 is 2.60 bits per heavy atom. The lowest BCUT2D eigenvalue weighted by atomic mass is 10.0. The van der Waals surface area contributed by atoms with Crippen molar-refractivity contribution in [2.24, 2.45) is 4.99 Å². The van der Waals surface area contributed by atoms with Gasteiger partial charge in [-0.25, -0.2) is 0 Å². The van der Waals surface area contributed by atoms with E-state index in [1.165, 1.54) is 45.2 Å². The molecule has 25 heavy (non-hydrogen) atoms. The number of rotatable bonds is 10. The smallest absolute Gasteiger partial charge is 0.191 e. The summed E-state index contributed by atoms with van der Waals surface area (Å²) >= 11 is 0. The van der Waals surface area contributed by atoms with Gasteiger partial charge in [0.1, 0.15) is 0 Å². The first-order valence-corrected chi connectivity index (χ1v) is 10.0. The van der Waals surface area contributed by atoms with Gasteiger partial charge in [0.25, 0.3) is 0 Å². The minimum atomic E-state index is 0. The molecule has 0 spiro atoms. The van der Waals surface area contributed by atoms with Crippen LogP contribution in [0.1, 0.15) is 59.8 Å². The largest absolute Gasteiger partial charge is 0.355 e. The Kier molecular flexibility index (Phi) is 15.0. The van der Waals surface area contributed by atoms with Crippen LogP contribution in [-0.4, -0.2) is 74.2 Å². The van der Waals surface area contributed by atoms with Crippen molar-refractivity contribution in [3.8, 4) is 0 Å². The van der Waals surface area contributed by atoms with Gasteiger partial charge in [-0.15, -0.1) is 24.0 Å². The number of likely N-dealkylation sites (tertiary alicyclic amines) is 1. The van der Waals surface area contributed by atoms with E-state index in [-0.39, 0.29) is 24.0 Å². The summed E-state index contributed by atoms with van der Waals surface area (Å²) in [4.78, 5) is 9.45. The molecule has 5 nitrogen and oxygen atoms in total. The van der Waals surface area contributed by atoms with Gasteiger partial charge in [-0.1, -0.05) is 20.3 Å². The fraction of sp³-hybridized carbons (Fsp3) is 0.947. The molecule has 1 saturated heterocycles. The minimum absolute atomic E-state index is 0. The van der Waals surface area contributed by atoms with E-state index in [2.05, 4.69) is 53.1 Å². The molecule has 0 radical (unpaired) electrons. The zero-order chi connectivity index (χ0) is 17.8. The molecule has 6 heteroatoms. The normalized spacial score (nSPS) is 20.2. The van der Waals surface area contributed by atoms with Crippen molar-refractivity contribution < 1.29 is 0 Å². The molecule has 2 N–H and O–H groups in total. The van der Waals surface area contributed by atoms with Crippen LogP contribution in [0.5, 0.6) is 0 Å². The SMILES string of the molecule is CCN(CC)CCCC(C)NC(=NC)NCCN1CCCCC1C.I. The summed E-state index contributed by atoms with van der Waals surface area (Å²) in [5.74, 6) is 0.940. The van der Waals surface area contributed by atoms with Crippen LogP contribution in [0.3, 0.4) is 0 Å².